The maximum atomic E-state index is 14.2. The van der Waals surface area contributed by atoms with Crippen molar-refractivity contribution >= 4 is 29.4 Å². The Morgan fingerprint density at radius 3 is 2.15 bits per heavy atom. The molecule has 218 valence electrons. The highest BCUT2D eigenvalue weighted by Crippen LogP contribution is 2.65. The van der Waals surface area contributed by atoms with Crippen molar-refractivity contribution in [3.63, 3.8) is 0 Å². The minimum Gasteiger partial charge on any atom is -0.363 e. The number of nitrogens with zero attached hydrogens (tertiary/aromatic N) is 1. The second-order valence-corrected chi connectivity index (χ2v) is 14.2. The number of primary amides is 1. The fourth-order valence-electron chi connectivity index (χ4n) is 7.41. The monoisotopic (exact) mass is 544 g/mol. The molecule has 0 aromatic heterocycles. The number of ketones is 2. The zero-order valence-corrected chi connectivity index (χ0v) is 24.4. The molecular weight excluding hydrogens is 496 g/mol. The van der Waals surface area contributed by atoms with Crippen LogP contribution in [-0.2, 0) is 19.2 Å². The molecule has 3 saturated carbocycles. The lowest BCUT2D eigenvalue weighted by molar-refractivity contribution is -0.144. The van der Waals surface area contributed by atoms with Crippen LogP contribution >= 0.6 is 0 Å². The lowest BCUT2D eigenvalue weighted by atomic mass is 9.76. The van der Waals surface area contributed by atoms with Gasteiger partial charge in [0.1, 0.15) is 6.04 Å². The van der Waals surface area contributed by atoms with Gasteiger partial charge in [0.25, 0.3) is 5.91 Å². The highest BCUT2D eigenvalue weighted by atomic mass is 16.2. The molecule has 1 saturated heterocycles. The number of carbonyl (C=O) groups excluding carboxylic acids is 5. The van der Waals surface area contributed by atoms with E-state index < -0.39 is 35.2 Å². The summed E-state index contributed by atoms with van der Waals surface area (Å²) in [6.45, 7) is 10.4. The second-order valence-electron chi connectivity index (χ2n) is 14.2. The molecule has 9 nitrogen and oxygen atoms in total. The van der Waals surface area contributed by atoms with Crippen molar-refractivity contribution in [1.82, 2.24) is 15.5 Å². The van der Waals surface area contributed by atoms with Crippen molar-refractivity contribution in [2.24, 2.45) is 40.7 Å². The molecule has 1 heterocycles. The van der Waals surface area contributed by atoms with E-state index in [2.05, 4.69) is 24.5 Å². The Balaban J connectivity index is 1.55. The van der Waals surface area contributed by atoms with E-state index in [1.54, 1.807) is 4.90 Å². The Labute approximate surface area is 232 Å². The van der Waals surface area contributed by atoms with E-state index in [-0.39, 0.29) is 47.3 Å². The van der Waals surface area contributed by atoms with Crippen LogP contribution in [0.2, 0.25) is 0 Å². The Bertz CT molecular complexity index is 992. The Kier molecular flexibility index (Phi) is 8.48. The third-order valence-electron chi connectivity index (χ3n) is 9.89. The van der Waals surface area contributed by atoms with Gasteiger partial charge in [-0.25, -0.2) is 4.79 Å². The number of likely N-dealkylation sites (tertiary alicyclic amines) is 1. The van der Waals surface area contributed by atoms with E-state index in [0.717, 1.165) is 51.4 Å². The van der Waals surface area contributed by atoms with Crippen molar-refractivity contribution in [2.75, 3.05) is 6.54 Å². The number of hydrogen-bond acceptors (Lipinski definition) is 5. The van der Waals surface area contributed by atoms with Gasteiger partial charge in [-0.1, -0.05) is 52.4 Å². The molecule has 5 atom stereocenters. The van der Waals surface area contributed by atoms with E-state index in [4.69, 9.17) is 5.73 Å². The predicted molar refractivity (Wildman–Crippen MR) is 147 cm³/mol. The van der Waals surface area contributed by atoms with E-state index in [1.165, 1.54) is 0 Å². The van der Waals surface area contributed by atoms with Gasteiger partial charge >= 0.3 is 6.03 Å². The first-order valence-electron chi connectivity index (χ1n) is 15.0. The van der Waals surface area contributed by atoms with Crippen LogP contribution in [0.4, 0.5) is 4.79 Å². The summed E-state index contributed by atoms with van der Waals surface area (Å²) in [5.41, 5.74) is 4.83. The number of nitrogens with two attached hydrogens (primary N) is 1. The zero-order valence-electron chi connectivity index (χ0n) is 24.4. The molecule has 9 heteroatoms. The maximum Gasteiger partial charge on any atom is 0.315 e. The largest absolute Gasteiger partial charge is 0.363 e. The first-order chi connectivity index (χ1) is 18.2. The fraction of sp³-hybridized carbons (Fsp3) is 0.833. The van der Waals surface area contributed by atoms with Crippen LogP contribution in [0, 0.1) is 35.0 Å². The van der Waals surface area contributed by atoms with Crippen LogP contribution in [0.25, 0.3) is 0 Å². The SMILES string of the molecule is CC(C)(C)NC(=O)N[C@H](C(=O)N1C[C@H]2[C@@H]([C@H]1C(=O)CC(CC1CCC1)C(=O)C(N)=O)C2(C)C)C1CCCCC1. The van der Waals surface area contributed by atoms with Crippen LogP contribution in [0.1, 0.15) is 98.8 Å². The van der Waals surface area contributed by atoms with Crippen molar-refractivity contribution in [3.8, 4) is 0 Å². The molecule has 4 N–H and O–H groups in total. The number of piperidine rings is 1. The number of nitrogens with one attached hydrogen (secondary N) is 2. The fourth-order valence-corrected chi connectivity index (χ4v) is 7.41. The zero-order chi connectivity index (χ0) is 28.7. The van der Waals surface area contributed by atoms with Crippen molar-refractivity contribution in [2.45, 2.75) is 116 Å². The molecule has 0 spiro atoms. The van der Waals surface area contributed by atoms with Crippen LogP contribution in [0.15, 0.2) is 0 Å². The van der Waals surface area contributed by atoms with Gasteiger partial charge in [0.05, 0.1) is 6.04 Å². The number of carbonyl (C=O) groups is 5. The van der Waals surface area contributed by atoms with E-state index in [0.29, 0.717) is 18.9 Å². The van der Waals surface area contributed by atoms with Gasteiger partial charge in [-0.15, -0.1) is 0 Å². The minimum absolute atomic E-state index is 0.0115. The second kappa shape index (κ2) is 11.2. The van der Waals surface area contributed by atoms with Crippen LogP contribution in [0.5, 0.6) is 0 Å². The molecule has 4 amide bonds. The quantitative estimate of drug-likeness (QED) is 0.362. The number of rotatable bonds is 10. The first kappa shape index (κ1) is 29.5. The summed E-state index contributed by atoms with van der Waals surface area (Å²) in [4.78, 5) is 67.2. The maximum absolute atomic E-state index is 14.2. The van der Waals surface area contributed by atoms with Gasteiger partial charge in [0, 0.05) is 24.4 Å². The van der Waals surface area contributed by atoms with E-state index in [9.17, 15) is 24.0 Å². The Morgan fingerprint density at radius 2 is 1.62 bits per heavy atom. The van der Waals surface area contributed by atoms with Crippen LogP contribution in [-0.4, -0.2) is 58.5 Å². The lowest BCUT2D eigenvalue weighted by Crippen LogP contribution is -2.59. The van der Waals surface area contributed by atoms with Gasteiger partial charge in [0.15, 0.2) is 5.78 Å². The van der Waals surface area contributed by atoms with E-state index >= 15 is 0 Å². The number of fused-ring (bicyclic) bond motifs is 1. The number of Topliss-reactive ketones (excluding diaryl/α,β-unsaturated/α-hetero) is 2. The van der Waals surface area contributed by atoms with Crippen molar-refractivity contribution < 1.29 is 24.0 Å². The summed E-state index contributed by atoms with van der Waals surface area (Å²) in [5.74, 6) is -2.23. The Hall–Kier alpha value is -2.45. The van der Waals surface area contributed by atoms with E-state index in [1.807, 2.05) is 20.8 Å². The standard InChI is InChI=1S/C30H48N4O5/c1-29(2,3)33-28(39)32-23(18-12-7-6-8-13-18)27(38)34-16-20-22(30(20,4)5)24(34)21(35)15-19(25(36)26(31)37)14-17-10-9-11-17/h17-20,22-24H,6-16H2,1-5H3,(H2,31,37)(H2,32,33,39)/t19?,20-,22-,23-,24+/m0/s1. The lowest BCUT2D eigenvalue weighted by Gasteiger charge is -2.37. The van der Waals surface area contributed by atoms with Crippen LogP contribution in [0.3, 0.4) is 0 Å². The van der Waals surface area contributed by atoms with Gasteiger partial charge < -0.3 is 21.3 Å². The molecule has 1 aliphatic heterocycles. The van der Waals surface area contributed by atoms with Gasteiger partial charge in [0.2, 0.25) is 11.7 Å². The molecule has 3 aliphatic carbocycles. The number of urea groups is 1. The number of amides is 4. The predicted octanol–water partition coefficient (Wildman–Crippen LogP) is 3.34. The third kappa shape index (κ3) is 6.49. The summed E-state index contributed by atoms with van der Waals surface area (Å²) >= 11 is 0. The molecule has 4 rings (SSSR count). The molecule has 1 unspecified atom stereocenters. The topological polar surface area (TPSA) is 139 Å². The Morgan fingerprint density at radius 1 is 0.974 bits per heavy atom. The highest BCUT2D eigenvalue weighted by molar-refractivity contribution is 6.36. The minimum atomic E-state index is -0.998. The van der Waals surface area contributed by atoms with Gasteiger partial charge in [-0.3, -0.25) is 19.2 Å². The van der Waals surface area contributed by atoms with Gasteiger partial charge in [-0.05, 0) is 69.1 Å². The average Bonchev–Trinajstić information content (AvgIpc) is 3.15. The van der Waals surface area contributed by atoms with Crippen molar-refractivity contribution in [1.29, 1.82) is 0 Å². The summed E-state index contributed by atoms with van der Waals surface area (Å²) in [5, 5.41) is 5.89. The van der Waals surface area contributed by atoms with Gasteiger partial charge in [-0.2, -0.15) is 0 Å². The normalized spacial score (nSPS) is 28.0. The average molecular weight is 545 g/mol. The summed E-state index contributed by atoms with van der Waals surface area (Å²) in [6.07, 6.45) is 8.35. The van der Waals surface area contributed by atoms with Crippen LogP contribution < -0.4 is 16.4 Å². The molecule has 0 aromatic carbocycles. The highest BCUT2D eigenvalue weighted by Gasteiger charge is 2.69. The molecular formula is C30H48N4O5. The summed E-state index contributed by atoms with van der Waals surface area (Å²) in [6, 6.07) is -1.74. The van der Waals surface area contributed by atoms with Crippen molar-refractivity contribution in [3.05, 3.63) is 0 Å². The molecule has 0 radical (unpaired) electrons. The molecule has 4 aliphatic rings. The molecule has 4 fully saturated rings. The smallest absolute Gasteiger partial charge is 0.315 e. The summed E-state index contributed by atoms with van der Waals surface area (Å²) < 4.78 is 0. The molecule has 39 heavy (non-hydrogen) atoms. The molecule has 0 aromatic rings. The third-order valence-corrected chi connectivity index (χ3v) is 9.89. The number of hydrogen-bond donors (Lipinski definition) is 3. The summed E-state index contributed by atoms with van der Waals surface area (Å²) in [7, 11) is 0. The first-order valence-corrected chi connectivity index (χ1v) is 15.0. The molecule has 0 bridgehead atoms.